The SMILES string of the molecule is CC(N)=NSC(N)=C(C)C. The van der Waals surface area contributed by atoms with E-state index in [1.165, 1.54) is 11.9 Å². The number of nitrogens with zero attached hydrogens (tertiary/aromatic N) is 1. The normalized spacial score (nSPS) is 11.3. The summed E-state index contributed by atoms with van der Waals surface area (Å²) in [6.07, 6.45) is 0. The minimum Gasteiger partial charge on any atom is -0.392 e. The van der Waals surface area contributed by atoms with E-state index < -0.39 is 0 Å². The van der Waals surface area contributed by atoms with Crippen molar-refractivity contribution in [3.8, 4) is 0 Å². The van der Waals surface area contributed by atoms with E-state index in [-0.39, 0.29) is 0 Å². The maximum absolute atomic E-state index is 5.54. The molecule has 0 heterocycles. The van der Waals surface area contributed by atoms with Crippen LogP contribution < -0.4 is 11.5 Å². The number of allylic oxidation sites excluding steroid dienone is 1. The van der Waals surface area contributed by atoms with Crippen LogP contribution in [-0.2, 0) is 0 Å². The third kappa shape index (κ3) is 4.26. The van der Waals surface area contributed by atoms with Crippen molar-refractivity contribution in [3.63, 3.8) is 0 Å². The summed E-state index contributed by atoms with van der Waals surface area (Å²) < 4.78 is 3.87. The molecule has 0 aromatic carbocycles. The molecular weight excluding hydrogens is 146 g/mol. The van der Waals surface area contributed by atoms with Gasteiger partial charge in [0.2, 0.25) is 0 Å². The maximum atomic E-state index is 5.54. The highest BCUT2D eigenvalue weighted by atomic mass is 32.2. The van der Waals surface area contributed by atoms with Gasteiger partial charge in [0.1, 0.15) is 5.84 Å². The van der Waals surface area contributed by atoms with Crippen molar-refractivity contribution >= 4 is 17.8 Å². The Hall–Kier alpha value is -0.640. The second-order valence-corrected chi connectivity index (χ2v) is 2.99. The smallest absolute Gasteiger partial charge is 0.105 e. The van der Waals surface area contributed by atoms with Crippen LogP contribution in [0.15, 0.2) is 15.0 Å². The zero-order chi connectivity index (χ0) is 8.15. The predicted octanol–water partition coefficient (Wildman–Crippen LogP) is 1.22. The largest absolute Gasteiger partial charge is 0.392 e. The van der Waals surface area contributed by atoms with Gasteiger partial charge in [0.05, 0.1) is 5.03 Å². The minimum atomic E-state index is 0.536. The van der Waals surface area contributed by atoms with Crippen molar-refractivity contribution in [1.29, 1.82) is 0 Å². The molecule has 0 aromatic heterocycles. The summed E-state index contributed by atoms with van der Waals surface area (Å²) in [5.74, 6) is 0.536. The Morgan fingerprint density at radius 1 is 1.20 bits per heavy atom. The highest BCUT2D eigenvalue weighted by Gasteiger charge is 1.91. The Morgan fingerprint density at radius 3 is 2.00 bits per heavy atom. The molecule has 0 bridgehead atoms. The van der Waals surface area contributed by atoms with Gasteiger partial charge in [-0.2, -0.15) is 4.40 Å². The van der Waals surface area contributed by atoms with Gasteiger partial charge in [0, 0.05) is 11.9 Å². The van der Waals surface area contributed by atoms with Gasteiger partial charge in [0.25, 0.3) is 0 Å². The lowest BCUT2D eigenvalue weighted by atomic mass is 10.4. The highest BCUT2D eigenvalue weighted by Crippen LogP contribution is 2.14. The van der Waals surface area contributed by atoms with Crippen molar-refractivity contribution in [2.24, 2.45) is 15.9 Å². The molecule has 0 unspecified atom stereocenters. The predicted molar refractivity (Wildman–Crippen MR) is 47.4 cm³/mol. The first-order valence-corrected chi connectivity index (χ1v) is 3.71. The molecule has 0 saturated heterocycles. The van der Waals surface area contributed by atoms with Crippen LogP contribution in [0.3, 0.4) is 0 Å². The first kappa shape index (κ1) is 9.36. The van der Waals surface area contributed by atoms with Gasteiger partial charge in [-0.25, -0.2) is 0 Å². The molecule has 0 aliphatic heterocycles. The molecule has 10 heavy (non-hydrogen) atoms. The Bertz CT molecular complexity index is 164. The Balaban J connectivity index is 3.94. The molecule has 0 rings (SSSR count). The number of amidine groups is 1. The molecule has 4 heteroatoms. The summed E-state index contributed by atoms with van der Waals surface area (Å²) in [5, 5.41) is 0.713. The van der Waals surface area contributed by atoms with E-state index >= 15 is 0 Å². The summed E-state index contributed by atoms with van der Waals surface area (Å²) in [7, 11) is 0. The second kappa shape index (κ2) is 4.22. The van der Waals surface area contributed by atoms with Crippen LogP contribution in [0.5, 0.6) is 0 Å². The van der Waals surface area contributed by atoms with Crippen molar-refractivity contribution < 1.29 is 0 Å². The Labute approximate surface area is 65.7 Å². The van der Waals surface area contributed by atoms with Gasteiger partial charge in [-0.3, -0.25) is 0 Å². The fourth-order valence-electron chi connectivity index (χ4n) is 0.212. The zero-order valence-corrected chi connectivity index (χ0v) is 7.33. The minimum absolute atomic E-state index is 0.536. The van der Waals surface area contributed by atoms with Crippen LogP contribution >= 0.6 is 11.9 Å². The summed E-state index contributed by atoms with van der Waals surface area (Å²) >= 11 is 1.21. The van der Waals surface area contributed by atoms with E-state index in [2.05, 4.69) is 4.40 Å². The van der Waals surface area contributed by atoms with Crippen LogP contribution in [0, 0.1) is 0 Å². The van der Waals surface area contributed by atoms with E-state index in [1.807, 2.05) is 13.8 Å². The molecule has 0 aliphatic rings. The maximum Gasteiger partial charge on any atom is 0.105 e. The topological polar surface area (TPSA) is 64.4 Å². The Morgan fingerprint density at radius 2 is 1.70 bits per heavy atom. The van der Waals surface area contributed by atoms with Gasteiger partial charge in [-0.1, -0.05) is 0 Å². The molecule has 0 aliphatic carbocycles. The first-order valence-electron chi connectivity index (χ1n) is 2.94. The molecule has 3 nitrogen and oxygen atoms in total. The lowest BCUT2D eigenvalue weighted by Gasteiger charge is -1.96. The number of hydrogen-bond donors (Lipinski definition) is 2. The zero-order valence-electron chi connectivity index (χ0n) is 6.51. The molecule has 58 valence electrons. The molecule has 0 atom stereocenters. The summed E-state index contributed by atoms with van der Waals surface area (Å²) in [5.41, 5.74) is 11.9. The number of rotatable bonds is 2. The number of nitrogens with two attached hydrogens (primary N) is 2. The third-order valence-electron chi connectivity index (χ3n) is 0.781. The van der Waals surface area contributed by atoms with Crippen LogP contribution in [0.4, 0.5) is 0 Å². The van der Waals surface area contributed by atoms with Crippen molar-refractivity contribution in [3.05, 3.63) is 10.6 Å². The van der Waals surface area contributed by atoms with E-state index in [1.54, 1.807) is 6.92 Å². The molecule has 0 aromatic rings. The first-order chi connectivity index (χ1) is 4.54. The van der Waals surface area contributed by atoms with Gasteiger partial charge < -0.3 is 11.5 Å². The van der Waals surface area contributed by atoms with Crippen LogP contribution in [0.1, 0.15) is 20.8 Å². The molecule has 4 N–H and O–H groups in total. The van der Waals surface area contributed by atoms with Gasteiger partial charge in [0.15, 0.2) is 0 Å². The average Bonchev–Trinajstić information content (AvgIpc) is 1.82. The van der Waals surface area contributed by atoms with Gasteiger partial charge in [-0.15, -0.1) is 0 Å². The fraction of sp³-hybridized carbons (Fsp3) is 0.500. The number of hydrogen-bond acceptors (Lipinski definition) is 3. The van der Waals surface area contributed by atoms with E-state index in [9.17, 15) is 0 Å². The molecule has 0 amide bonds. The van der Waals surface area contributed by atoms with Gasteiger partial charge >= 0.3 is 0 Å². The summed E-state index contributed by atoms with van der Waals surface area (Å²) in [4.78, 5) is 0. The van der Waals surface area contributed by atoms with Gasteiger partial charge in [-0.05, 0) is 26.3 Å². The molecule has 0 spiro atoms. The van der Waals surface area contributed by atoms with Crippen LogP contribution in [-0.4, -0.2) is 5.84 Å². The molecule has 0 fully saturated rings. The monoisotopic (exact) mass is 159 g/mol. The average molecular weight is 159 g/mol. The molecular formula is C6H13N3S. The van der Waals surface area contributed by atoms with E-state index in [0.717, 1.165) is 5.57 Å². The second-order valence-electron chi connectivity index (χ2n) is 2.19. The van der Waals surface area contributed by atoms with Crippen molar-refractivity contribution in [2.75, 3.05) is 0 Å². The van der Waals surface area contributed by atoms with E-state index in [4.69, 9.17) is 11.5 Å². The van der Waals surface area contributed by atoms with Crippen LogP contribution in [0.2, 0.25) is 0 Å². The lowest BCUT2D eigenvalue weighted by Crippen LogP contribution is -2.04. The summed E-state index contributed by atoms with van der Waals surface area (Å²) in [6.45, 7) is 5.60. The van der Waals surface area contributed by atoms with Crippen molar-refractivity contribution in [1.82, 2.24) is 0 Å². The highest BCUT2D eigenvalue weighted by molar-refractivity contribution is 8.01. The fourth-order valence-corrected chi connectivity index (χ4v) is 0.637. The summed E-state index contributed by atoms with van der Waals surface area (Å²) in [6, 6.07) is 0. The van der Waals surface area contributed by atoms with Crippen LogP contribution in [0.25, 0.3) is 0 Å². The quantitative estimate of drug-likeness (QED) is 0.362. The van der Waals surface area contributed by atoms with E-state index in [0.29, 0.717) is 10.9 Å². The third-order valence-corrected chi connectivity index (χ3v) is 1.76. The van der Waals surface area contributed by atoms with Crippen molar-refractivity contribution in [2.45, 2.75) is 20.8 Å². The lowest BCUT2D eigenvalue weighted by molar-refractivity contribution is 1.31. The Kier molecular flexibility index (Phi) is 3.95. The molecule has 0 radical (unpaired) electrons. The standard InChI is InChI=1S/C6H13N3S/c1-4(2)6(8)10-9-5(3)7/h8H2,1-3H3,(H2,7,9). The molecule has 0 saturated carbocycles.